The molecule has 0 saturated carbocycles. The molecule has 2 aliphatic heterocycles. The minimum absolute atomic E-state index is 0.0491. The zero-order valence-electron chi connectivity index (χ0n) is 16.1. The van der Waals surface area contributed by atoms with Crippen molar-refractivity contribution >= 4 is 22.8 Å². The van der Waals surface area contributed by atoms with Crippen molar-refractivity contribution in [2.75, 3.05) is 0 Å². The third-order valence-corrected chi connectivity index (χ3v) is 5.62. The Bertz CT molecular complexity index is 867. The van der Waals surface area contributed by atoms with Crippen LogP contribution in [0, 0.1) is 5.92 Å². The van der Waals surface area contributed by atoms with Crippen molar-refractivity contribution in [3.63, 3.8) is 0 Å². The maximum absolute atomic E-state index is 13.3. The molecule has 0 N–H and O–H groups in total. The number of pyridine rings is 1. The molecule has 5 heteroatoms. The van der Waals surface area contributed by atoms with E-state index in [9.17, 15) is 9.59 Å². The monoisotopic (exact) mass is 366 g/mol. The van der Waals surface area contributed by atoms with Crippen molar-refractivity contribution < 1.29 is 14.3 Å². The molecular formula is C22H26N2O3. The molecule has 1 aromatic heterocycles. The predicted molar refractivity (Wildman–Crippen MR) is 104 cm³/mol. The van der Waals surface area contributed by atoms with Crippen molar-refractivity contribution in [1.82, 2.24) is 9.88 Å². The average molecular weight is 366 g/mol. The van der Waals surface area contributed by atoms with Gasteiger partial charge in [-0.3, -0.25) is 9.78 Å². The van der Waals surface area contributed by atoms with E-state index in [0.29, 0.717) is 12.8 Å². The zero-order valence-corrected chi connectivity index (χ0v) is 16.1. The smallest absolute Gasteiger partial charge is 0.410 e. The van der Waals surface area contributed by atoms with E-state index in [4.69, 9.17) is 4.74 Å². The molecule has 4 rings (SSSR count). The summed E-state index contributed by atoms with van der Waals surface area (Å²) < 4.78 is 5.59. The number of rotatable bonds is 2. The summed E-state index contributed by atoms with van der Waals surface area (Å²) in [5.41, 5.74) is 1.09. The standard InChI is InChI=1S/C22H26N2O3/c1-22(2,3)27-21(26)24-15-8-9-16(24)13-14(12-15)20(25)18-10-11-23-19-7-5-4-6-17(18)19/h4-7,10-11,14-16H,8-9,12-13H2,1-3H3. The Kier molecular flexibility index (Phi) is 4.41. The number of ether oxygens (including phenoxy) is 1. The summed E-state index contributed by atoms with van der Waals surface area (Å²) in [5.74, 6) is 0.126. The van der Waals surface area contributed by atoms with Crippen molar-refractivity contribution in [2.24, 2.45) is 5.92 Å². The number of fused-ring (bicyclic) bond motifs is 3. The van der Waals surface area contributed by atoms with Gasteiger partial charge in [0.1, 0.15) is 5.60 Å². The molecule has 0 radical (unpaired) electrons. The molecule has 5 nitrogen and oxygen atoms in total. The van der Waals surface area contributed by atoms with E-state index in [2.05, 4.69) is 4.98 Å². The maximum atomic E-state index is 13.3. The number of Topliss-reactive ketones (excluding diaryl/α,β-unsaturated/α-hetero) is 1. The predicted octanol–water partition coefficient (Wildman–Crippen LogP) is 4.60. The van der Waals surface area contributed by atoms with Gasteiger partial charge < -0.3 is 9.64 Å². The van der Waals surface area contributed by atoms with Gasteiger partial charge in [0.25, 0.3) is 0 Å². The lowest BCUT2D eigenvalue weighted by Gasteiger charge is -2.39. The maximum Gasteiger partial charge on any atom is 0.410 e. The summed E-state index contributed by atoms with van der Waals surface area (Å²) in [5, 5.41) is 0.909. The van der Waals surface area contributed by atoms with Gasteiger partial charge in [0.05, 0.1) is 5.52 Å². The number of ketones is 1. The fraction of sp³-hybridized carbons (Fsp3) is 0.500. The minimum atomic E-state index is -0.501. The average Bonchev–Trinajstić information content (AvgIpc) is 2.89. The van der Waals surface area contributed by atoms with Gasteiger partial charge in [0, 0.05) is 35.1 Å². The second-order valence-electron chi connectivity index (χ2n) is 8.68. The van der Waals surface area contributed by atoms with E-state index >= 15 is 0 Å². The SMILES string of the molecule is CC(C)(C)OC(=O)N1C2CCC1CC(C(=O)c1ccnc3ccccc13)C2. The minimum Gasteiger partial charge on any atom is -0.444 e. The highest BCUT2D eigenvalue weighted by Gasteiger charge is 2.46. The van der Waals surface area contributed by atoms with Crippen molar-refractivity contribution in [1.29, 1.82) is 0 Å². The first-order valence-corrected chi connectivity index (χ1v) is 9.73. The van der Waals surface area contributed by atoms with Crippen LogP contribution >= 0.6 is 0 Å². The van der Waals surface area contributed by atoms with Crippen LogP contribution in [0.4, 0.5) is 4.79 Å². The van der Waals surface area contributed by atoms with Crippen molar-refractivity contribution in [3.8, 4) is 0 Å². The van der Waals surface area contributed by atoms with Crippen LogP contribution in [0.3, 0.4) is 0 Å². The summed E-state index contributed by atoms with van der Waals surface area (Å²) in [6, 6.07) is 9.79. The lowest BCUT2D eigenvalue weighted by Crippen LogP contribution is -2.49. The van der Waals surface area contributed by atoms with Gasteiger partial charge in [-0.15, -0.1) is 0 Å². The number of para-hydroxylation sites is 1. The number of carbonyl (C=O) groups is 2. The van der Waals surface area contributed by atoms with Crippen LogP contribution in [-0.2, 0) is 4.74 Å². The summed E-state index contributed by atoms with van der Waals surface area (Å²) in [7, 11) is 0. The lowest BCUT2D eigenvalue weighted by molar-refractivity contribution is 0.00255. The molecule has 1 amide bonds. The Balaban J connectivity index is 1.54. The van der Waals surface area contributed by atoms with E-state index in [-0.39, 0.29) is 29.9 Å². The van der Waals surface area contributed by atoms with Gasteiger partial charge in [-0.05, 0) is 58.6 Å². The van der Waals surface area contributed by atoms with Crippen LogP contribution in [0.25, 0.3) is 10.9 Å². The Morgan fingerprint density at radius 1 is 1.07 bits per heavy atom. The van der Waals surface area contributed by atoms with Gasteiger partial charge in [-0.25, -0.2) is 4.79 Å². The van der Waals surface area contributed by atoms with Crippen molar-refractivity contribution in [2.45, 2.75) is 64.1 Å². The van der Waals surface area contributed by atoms with E-state index in [0.717, 1.165) is 29.3 Å². The fourth-order valence-electron chi connectivity index (χ4n) is 4.53. The third kappa shape index (κ3) is 3.43. The highest BCUT2D eigenvalue weighted by atomic mass is 16.6. The largest absolute Gasteiger partial charge is 0.444 e. The quantitative estimate of drug-likeness (QED) is 0.729. The molecule has 2 saturated heterocycles. The van der Waals surface area contributed by atoms with Crippen LogP contribution < -0.4 is 0 Å². The van der Waals surface area contributed by atoms with Crippen LogP contribution in [0.1, 0.15) is 56.8 Å². The van der Waals surface area contributed by atoms with Gasteiger partial charge in [-0.2, -0.15) is 0 Å². The number of piperidine rings is 1. The van der Waals surface area contributed by atoms with E-state index in [1.165, 1.54) is 0 Å². The Labute approximate surface area is 159 Å². The Hall–Kier alpha value is -2.43. The first-order chi connectivity index (χ1) is 12.8. The molecule has 142 valence electrons. The van der Waals surface area contributed by atoms with Gasteiger partial charge in [0.2, 0.25) is 0 Å². The zero-order chi connectivity index (χ0) is 19.2. The summed E-state index contributed by atoms with van der Waals surface area (Å²) in [4.78, 5) is 32.1. The van der Waals surface area contributed by atoms with Gasteiger partial charge >= 0.3 is 6.09 Å². The summed E-state index contributed by atoms with van der Waals surface area (Å²) in [6.45, 7) is 5.66. The third-order valence-electron chi connectivity index (χ3n) is 5.62. The summed E-state index contributed by atoms with van der Waals surface area (Å²) in [6.07, 6.45) is 4.79. The van der Waals surface area contributed by atoms with E-state index < -0.39 is 5.60 Å². The molecule has 27 heavy (non-hydrogen) atoms. The second kappa shape index (κ2) is 6.63. The molecule has 2 atom stereocenters. The number of benzene rings is 1. The highest BCUT2D eigenvalue weighted by molar-refractivity contribution is 6.08. The first kappa shape index (κ1) is 18.0. The lowest BCUT2D eigenvalue weighted by atomic mass is 9.84. The topological polar surface area (TPSA) is 59.5 Å². The fourth-order valence-corrected chi connectivity index (χ4v) is 4.53. The molecule has 2 unspecified atom stereocenters. The highest BCUT2D eigenvalue weighted by Crippen LogP contribution is 2.41. The van der Waals surface area contributed by atoms with Crippen LogP contribution in [0.2, 0.25) is 0 Å². The molecule has 2 fully saturated rings. The number of nitrogens with zero attached hydrogens (tertiary/aromatic N) is 2. The Morgan fingerprint density at radius 3 is 2.41 bits per heavy atom. The van der Waals surface area contributed by atoms with Crippen LogP contribution in [0.15, 0.2) is 36.5 Å². The van der Waals surface area contributed by atoms with Gasteiger partial charge in [0.15, 0.2) is 5.78 Å². The number of aromatic nitrogens is 1. The Morgan fingerprint density at radius 2 is 1.74 bits per heavy atom. The number of hydrogen-bond acceptors (Lipinski definition) is 4. The van der Waals surface area contributed by atoms with E-state index in [1.54, 1.807) is 6.20 Å². The van der Waals surface area contributed by atoms with Crippen LogP contribution in [0.5, 0.6) is 0 Å². The molecule has 1 aromatic carbocycles. The normalized spacial score (nSPS) is 24.9. The second-order valence-corrected chi connectivity index (χ2v) is 8.68. The van der Waals surface area contributed by atoms with Crippen LogP contribution in [-0.4, -0.2) is 39.4 Å². The molecule has 2 aliphatic rings. The summed E-state index contributed by atoms with van der Waals surface area (Å²) >= 11 is 0. The molecule has 0 spiro atoms. The number of carbonyl (C=O) groups excluding carboxylic acids is 2. The number of amides is 1. The van der Waals surface area contributed by atoms with Gasteiger partial charge in [-0.1, -0.05) is 18.2 Å². The molecule has 2 aromatic rings. The molecule has 0 aliphatic carbocycles. The first-order valence-electron chi connectivity index (χ1n) is 9.73. The number of hydrogen-bond donors (Lipinski definition) is 0. The molecule has 3 heterocycles. The molecule has 2 bridgehead atoms. The van der Waals surface area contributed by atoms with Crippen molar-refractivity contribution in [3.05, 3.63) is 42.1 Å². The van der Waals surface area contributed by atoms with E-state index in [1.807, 2.05) is 56.0 Å². The molecular weight excluding hydrogens is 340 g/mol.